The molecule has 3 fully saturated rings. The predicted molar refractivity (Wildman–Crippen MR) is 141 cm³/mol. The number of unbranched alkanes of at least 4 members (excludes halogenated alkanes) is 1. The van der Waals surface area contributed by atoms with Crippen LogP contribution < -0.4 is 0 Å². The van der Waals surface area contributed by atoms with Gasteiger partial charge in [0.25, 0.3) is 0 Å². The SMILES string of the molecule is CCCCC(=O)OC(=O)O[C@]1(C(=O)COC(=O)OC)[C@H](C)C[C@H]2[C@@H]3CCC4=CC(=O)C=C[C@]4(C)[C@@]3(F)[C@@H](O)C[C@@]21C. The lowest BCUT2D eigenvalue weighted by molar-refractivity contribution is -0.222. The molecule has 10 nitrogen and oxygen atoms in total. The lowest BCUT2D eigenvalue weighted by Gasteiger charge is -2.62. The third-order valence-electron chi connectivity index (χ3n) is 10.3. The highest BCUT2D eigenvalue weighted by Gasteiger charge is 2.77. The molecule has 4 aliphatic rings. The third-order valence-corrected chi connectivity index (χ3v) is 10.3. The largest absolute Gasteiger partial charge is 0.517 e. The van der Waals surface area contributed by atoms with Crippen molar-refractivity contribution in [3.63, 3.8) is 0 Å². The molecule has 4 rings (SSSR count). The van der Waals surface area contributed by atoms with Gasteiger partial charge in [-0.1, -0.05) is 38.8 Å². The highest BCUT2D eigenvalue weighted by atomic mass is 19.1. The standard InChI is InChI=1S/C30H39FO10/c1-6-7-8-24(35)40-26(37)41-30(23(34)16-39-25(36)38-5)17(2)13-21-20-10-9-18-14-19(32)11-12-27(18,3)29(20,31)22(33)15-28(21,30)4/h11-12,14,17,20-22,33H,6-10,13,15-16H2,1-5H3/t17-,20+,21+,22+,27+,28+,29+,30+/m1/s1. The number of ether oxygens (including phenoxy) is 4. The monoisotopic (exact) mass is 578 g/mol. The molecule has 0 aromatic carbocycles. The molecule has 0 aliphatic heterocycles. The number of aliphatic hydroxyl groups is 1. The molecule has 0 unspecified atom stereocenters. The lowest BCUT2D eigenvalue weighted by Crippen LogP contribution is -2.70. The van der Waals surface area contributed by atoms with Crippen LogP contribution in [0, 0.1) is 28.6 Å². The Hall–Kier alpha value is -3.08. The van der Waals surface area contributed by atoms with Gasteiger partial charge in [-0.3, -0.25) is 14.4 Å². The number of rotatable bonds is 7. The first kappa shape index (κ1) is 30.9. The first-order valence-electron chi connectivity index (χ1n) is 14.2. The molecule has 0 bridgehead atoms. The number of aliphatic hydroxyl groups excluding tert-OH is 1. The fourth-order valence-electron chi connectivity index (χ4n) is 8.31. The van der Waals surface area contributed by atoms with E-state index < -0.39 is 76.6 Å². The highest BCUT2D eigenvalue weighted by molar-refractivity contribution is 6.01. The van der Waals surface area contributed by atoms with E-state index in [0.717, 1.165) is 7.11 Å². The van der Waals surface area contributed by atoms with Gasteiger partial charge in [0.1, 0.15) is 0 Å². The summed E-state index contributed by atoms with van der Waals surface area (Å²) in [5, 5.41) is 11.6. The van der Waals surface area contributed by atoms with Crippen molar-refractivity contribution < 1.29 is 52.4 Å². The second-order valence-electron chi connectivity index (χ2n) is 12.2. The molecule has 41 heavy (non-hydrogen) atoms. The van der Waals surface area contributed by atoms with Crippen molar-refractivity contribution in [3.8, 4) is 0 Å². The molecule has 11 heteroatoms. The number of esters is 1. The van der Waals surface area contributed by atoms with Crippen LogP contribution in [-0.4, -0.2) is 66.0 Å². The summed E-state index contributed by atoms with van der Waals surface area (Å²) in [5.74, 6) is -3.88. The van der Waals surface area contributed by atoms with Crippen molar-refractivity contribution in [1.82, 2.24) is 0 Å². The van der Waals surface area contributed by atoms with E-state index in [-0.39, 0.29) is 25.0 Å². The van der Waals surface area contributed by atoms with Crippen LogP contribution in [0.4, 0.5) is 14.0 Å². The van der Waals surface area contributed by atoms with Crippen LogP contribution in [0.2, 0.25) is 0 Å². The van der Waals surface area contributed by atoms with Gasteiger partial charge in [-0.25, -0.2) is 14.0 Å². The summed E-state index contributed by atoms with van der Waals surface area (Å²) in [5.41, 5.74) is -6.14. The summed E-state index contributed by atoms with van der Waals surface area (Å²) in [6.45, 7) is 6.07. The summed E-state index contributed by atoms with van der Waals surface area (Å²) in [4.78, 5) is 63.0. The zero-order valence-electron chi connectivity index (χ0n) is 24.2. The minimum atomic E-state index is -2.17. The van der Waals surface area contributed by atoms with Gasteiger partial charge in [0.05, 0.1) is 13.2 Å². The molecule has 0 amide bonds. The number of carbonyl (C=O) groups excluding carboxylic acids is 5. The summed E-state index contributed by atoms with van der Waals surface area (Å²) in [7, 11) is 1.08. The molecular formula is C30H39FO10. The van der Waals surface area contributed by atoms with Crippen molar-refractivity contribution in [2.24, 2.45) is 28.6 Å². The second-order valence-corrected chi connectivity index (χ2v) is 12.2. The number of alkyl halides is 1. The molecular weight excluding hydrogens is 539 g/mol. The average Bonchev–Trinajstić information content (AvgIpc) is 3.13. The highest BCUT2D eigenvalue weighted by Crippen LogP contribution is 2.71. The molecule has 3 saturated carbocycles. The van der Waals surface area contributed by atoms with Gasteiger partial charge >= 0.3 is 18.3 Å². The van der Waals surface area contributed by atoms with E-state index in [2.05, 4.69) is 4.74 Å². The first-order valence-corrected chi connectivity index (χ1v) is 14.2. The Morgan fingerprint density at radius 2 is 1.85 bits per heavy atom. The predicted octanol–water partition coefficient (Wildman–Crippen LogP) is 4.56. The number of Topliss-reactive ketones (excluding diaryl/α,β-unsaturated/α-hetero) is 1. The average molecular weight is 579 g/mol. The maximum Gasteiger partial charge on any atom is 0.517 e. The van der Waals surface area contributed by atoms with E-state index in [1.807, 2.05) is 6.92 Å². The van der Waals surface area contributed by atoms with Crippen LogP contribution in [0.15, 0.2) is 23.8 Å². The van der Waals surface area contributed by atoms with Gasteiger partial charge in [-0.2, -0.15) is 0 Å². The van der Waals surface area contributed by atoms with Crippen LogP contribution in [0.25, 0.3) is 0 Å². The molecule has 1 N–H and O–H groups in total. The first-order chi connectivity index (χ1) is 19.2. The summed E-state index contributed by atoms with van der Waals surface area (Å²) < 4.78 is 37.6. The Labute approximate surface area is 238 Å². The van der Waals surface area contributed by atoms with Crippen molar-refractivity contribution in [1.29, 1.82) is 0 Å². The Bertz CT molecular complexity index is 1190. The van der Waals surface area contributed by atoms with E-state index in [4.69, 9.17) is 14.2 Å². The quantitative estimate of drug-likeness (QED) is 0.337. The fraction of sp³-hybridized carbons (Fsp3) is 0.700. The molecule has 0 spiro atoms. The lowest BCUT2D eigenvalue weighted by atomic mass is 9.44. The molecule has 226 valence electrons. The van der Waals surface area contributed by atoms with Crippen LogP contribution in [0.1, 0.15) is 72.6 Å². The zero-order valence-corrected chi connectivity index (χ0v) is 24.2. The number of hydrogen-bond acceptors (Lipinski definition) is 10. The van der Waals surface area contributed by atoms with Gasteiger partial charge in [0, 0.05) is 29.1 Å². The van der Waals surface area contributed by atoms with E-state index in [1.54, 1.807) is 20.8 Å². The van der Waals surface area contributed by atoms with E-state index in [0.29, 0.717) is 31.3 Å². The van der Waals surface area contributed by atoms with Crippen LogP contribution >= 0.6 is 0 Å². The van der Waals surface area contributed by atoms with Crippen LogP contribution in [-0.2, 0) is 33.3 Å². The Morgan fingerprint density at radius 3 is 2.51 bits per heavy atom. The van der Waals surface area contributed by atoms with E-state index >= 15 is 4.39 Å². The number of halogens is 1. The number of carbonyl (C=O) groups is 5. The van der Waals surface area contributed by atoms with Crippen molar-refractivity contribution >= 4 is 29.8 Å². The number of methoxy groups -OCH3 is 1. The zero-order chi connectivity index (χ0) is 30.4. The molecule has 8 atom stereocenters. The summed E-state index contributed by atoms with van der Waals surface area (Å²) in [6.07, 6.45) is 2.00. The smallest absolute Gasteiger partial charge is 0.438 e. The topological polar surface area (TPSA) is 143 Å². The summed E-state index contributed by atoms with van der Waals surface area (Å²) >= 11 is 0. The van der Waals surface area contributed by atoms with Crippen LogP contribution in [0.5, 0.6) is 0 Å². The number of hydrogen-bond donors (Lipinski definition) is 1. The van der Waals surface area contributed by atoms with E-state index in [1.165, 1.54) is 18.2 Å². The number of fused-ring (bicyclic) bond motifs is 5. The molecule has 0 aromatic heterocycles. The Morgan fingerprint density at radius 1 is 1.15 bits per heavy atom. The van der Waals surface area contributed by atoms with Crippen molar-refractivity contribution in [2.45, 2.75) is 90.0 Å². The number of ketones is 2. The van der Waals surface area contributed by atoms with Gasteiger partial charge in [-0.15, -0.1) is 0 Å². The fourth-order valence-corrected chi connectivity index (χ4v) is 8.31. The summed E-state index contributed by atoms with van der Waals surface area (Å²) in [6, 6.07) is 0. The second kappa shape index (κ2) is 11.0. The Balaban J connectivity index is 1.75. The van der Waals surface area contributed by atoms with E-state index in [9.17, 15) is 29.1 Å². The molecule has 0 saturated heterocycles. The third kappa shape index (κ3) is 4.60. The van der Waals surface area contributed by atoms with Gasteiger partial charge in [0.2, 0.25) is 5.78 Å². The van der Waals surface area contributed by atoms with Gasteiger partial charge in [0.15, 0.2) is 23.7 Å². The van der Waals surface area contributed by atoms with Crippen molar-refractivity contribution in [2.75, 3.05) is 13.7 Å². The minimum Gasteiger partial charge on any atom is -0.438 e. The molecule has 0 aromatic rings. The minimum absolute atomic E-state index is 0.0247. The van der Waals surface area contributed by atoms with Gasteiger partial charge < -0.3 is 24.1 Å². The maximum atomic E-state index is 17.5. The van der Waals surface area contributed by atoms with Crippen molar-refractivity contribution in [3.05, 3.63) is 23.8 Å². The maximum absolute atomic E-state index is 17.5. The molecule has 0 radical (unpaired) electrons. The van der Waals surface area contributed by atoms with Gasteiger partial charge in [-0.05, 0) is 57.1 Å². The molecule has 4 aliphatic carbocycles. The van der Waals surface area contributed by atoms with Crippen LogP contribution in [0.3, 0.4) is 0 Å². The normalized spacial score (nSPS) is 39.0. The number of allylic oxidation sites excluding steroid dienone is 4. The Kier molecular flexibility index (Phi) is 8.25. The molecule has 0 heterocycles.